The fraction of sp³-hybridized carbons (Fsp3) is 0.250. The summed E-state index contributed by atoms with van der Waals surface area (Å²) in [7, 11) is 0. The van der Waals surface area contributed by atoms with Gasteiger partial charge in [0.1, 0.15) is 5.82 Å². The van der Waals surface area contributed by atoms with Crippen LogP contribution >= 0.6 is 0 Å². The van der Waals surface area contributed by atoms with Crippen molar-refractivity contribution in [3.8, 4) is 11.6 Å². The van der Waals surface area contributed by atoms with Crippen LogP contribution in [-0.2, 0) is 0 Å². The SMILES string of the molecule is CC.Cc1ncc(Oc2ccccn2)cn1. The van der Waals surface area contributed by atoms with Crippen LogP contribution in [0.25, 0.3) is 0 Å². The quantitative estimate of drug-likeness (QED) is 0.775. The van der Waals surface area contributed by atoms with Gasteiger partial charge in [0.25, 0.3) is 0 Å². The van der Waals surface area contributed by atoms with Crippen LogP contribution in [0.1, 0.15) is 19.7 Å². The second-order valence-corrected chi connectivity index (χ2v) is 2.74. The van der Waals surface area contributed by atoms with Gasteiger partial charge >= 0.3 is 0 Å². The maximum absolute atomic E-state index is 5.40. The number of ether oxygens (including phenoxy) is 1. The number of rotatable bonds is 2. The van der Waals surface area contributed by atoms with Crippen LogP contribution in [0, 0.1) is 6.92 Å². The molecular formula is C12H15N3O. The number of hydrogen-bond acceptors (Lipinski definition) is 4. The Bertz CT molecular complexity index is 400. The van der Waals surface area contributed by atoms with E-state index in [2.05, 4.69) is 15.0 Å². The Kier molecular flexibility index (Phi) is 4.92. The van der Waals surface area contributed by atoms with Crippen molar-refractivity contribution in [2.75, 3.05) is 0 Å². The van der Waals surface area contributed by atoms with Crippen molar-refractivity contribution in [3.05, 3.63) is 42.6 Å². The highest BCUT2D eigenvalue weighted by Crippen LogP contribution is 2.15. The van der Waals surface area contributed by atoms with E-state index in [0.29, 0.717) is 11.6 Å². The lowest BCUT2D eigenvalue weighted by molar-refractivity contribution is 0.457. The third-order valence-corrected chi connectivity index (χ3v) is 1.62. The minimum atomic E-state index is 0.542. The second-order valence-electron chi connectivity index (χ2n) is 2.74. The summed E-state index contributed by atoms with van der Waals surface area (Å²) in [6.07, 6.45) is 4.92. The minimum absolute atomic E-state index is 0.542. The molecule has 0 aliphatic heterocycles. The number of hydrogen-bond donors (Lipinski definition) is 0. The monoisotopic (exact) mass is 217 g/mol. The topological polar surface area (TPSA) is 47.9 Å². The summed E-state index contributed by atoms with van der Waals surface area (Å²) in [5.74, 6) is 1.85. The van der Waals surface area contributed by atoms with Gasteiger partial charge in [-0.15, -0.1) is 0 Å². The van der Waals surface area contributed by atoms with Crippen molar-refractivity contribution >= 4 is 0 Å². The standard InChI is InChI=1S/C10H9N3O.C2H6/c1-8-12-6-9(7-13-8)14-10-4-2-3-5-11-10;1-2/h2-7H,1H3;1-2H3. The third kappa shape index (κ3) is 3.65. The molecule has 16 heavy (non-hydrogen) atoms. The van der Waals surface area contributed by atoms with Crippen molar-refractivity contribution in [2.24, 2.45) is 0 Å². The minimum Gasteiger partial charge on any atom is -0.436 e. The first-order chi connectivity index (χ1) is 7.84. The van der Waals surface area contributed by atoms with Crippen LogP contribution in [-0.4, -0.2) is 15.0 Å². The van der Waals surface area contributed by atoms with Crippen LogP contribution in [0.2, 0.25) is 0 Å². The summed E-state index contributed by atoms with van der Waals surface area (Å²) in [4.78, 5) is 12.0. The van der Waals surface area contributed by atoms with Crippen molar-refractivity contribution in [3.63, 3.8) is 0 Å². The van der Waals surface area contributed by atoms with Crippen molar-refractivity contribution in [2.45, 2.75) is 20.8 Å². The van der Waals surface area contributed by atoms with Crippen LogP contribution in [0.15, 0.2) is 36.8 Å². The molecule has 0 amide bonds. The molecule has 0 spiro atoms. The van der Waals surface area contributed by atoms with Crippen LogP contribution in [0.5, 0.6) is 11.6 Å². The molecule has 2 heterocycles. The predicted octanol–water partition coefficient (Wildman–Crippen LogP) is 3.00. The second kappa shape index (κ2) is 6.50. The van der Waals surface area contributed by atoms with Gasteiger partial charge in [0.05, 0.1) is 12.4 Å². The molecule has 2 aromatic rings. The van der Waals surface area contributed by atoms with E-state index in [1.807, 2.05) is 32.9 Å². The molecule has 0 aliphatic carbocycles. The summed E-state index contributed by atoms with van der Waals surface area (Å²) in [5.41, 5.74) is 0. The molecule has 0 N–H and O–H groups in total. The van der Waals surface area contributed by atoms with E-state index < -0.39 is 0 Å². The lowest BCUT2D eigenvalue weighted by Gasteiger charge is -2.02. The van der Waals surface area contributed by atoms with Gasteiger partial charge in [-0.05, 0) is 13.0 Å². The maximum Gasteiger partial charge on any atom is 0.219 e. The normalized spacial score (nSPS) is 8.94. The number of nitrogens with zero attached hydrogens (tertiary/aromatic N) is 3. The van der Waals surface area contributed by atoms with Crippen LogP contribution in [0.3, 0.4) is 0 Å². The summed E-state index contributed by atoms with van der Waals surface area (Å²) < 4.78 is 5.40. The summed E-state index contributed by atoms with van der Waals surface area (Å²) in [6.45, 7) is 5.82. The first kappa shape index (κ1) is 12.1. The molecule has 0 saturated carbocycles. The van der Waals surface area contributed by atoms with E-state index in [1.165, 1.54) is 0 Å². The Labute approximate surface area is 95.4 Å². The molecule has 4 heteroatoms. The van der Waals surface area contributed by atoms with Gasteiger partial charge in [-0.1, -0.05) is 19.9 Å². The Morgan fingerprint density at radius 2 is 1.69 bits per heavy atom. The Hall–Kier alpha value is -1.97. The molecule has 0 atom stereocenters. The van der Waals surface area contributed by atoms with Gasteiger partial charge in [-0.25, -0.2) is 15.0 Å². The highest BCUT2D eigenvalue weighted by Gasteiger charge is 1.97. The average molecular weight is 217 g/mol. The maximum atomic E-state index is 5.40. The lowest BCUT2D eigenvalue weighted by atomic mass is 10.5. The summed E-state index contributed by atoms with van der Waals surface area (Å²) in [5, 5.41) is 0. The first-order valence-electron chi connectivity index (χ1n) is 5.22. The molecule has 4 nitrogen and oxygen atoms in total. The highest BCUT2D eigenvalue weighted by molar-refractivity contribution is 5.20. The highest BCUT2D eigenvalue weighted by atomic mass is 16.5. The zero-order valence-corrected chi connectivity index (χ0v) is 9.71. The van der Waals surface area contributed by atoms with E-state index in [9.17, 15) is 0 Å². The Morgan fingerprint density at radius 1 is 1.00 bits per heavy atom. The van der Waals surface area contributed by atoms with Gasteiger partial charge in [-0.2, -0.15) is 0 Å². The molecule has 0 bridgehead atoms. The third-order valence-electron chi connectivity index (χ3n) is 1.62. The zero-order chi connectivity index (χ0) is 11.8. The Morgan fingerprint density at radius 3 is 2.25 bits per heavy atom. The fourth-order valence-corrected chi connectivity index (χ4v) is 0.962. The lowest BCUT2D eigenvalue weighted by Crippen LogP contribution is -1.90. The van der Waals surface area contributed by atoms with E-state index in [4.69, 9.17) is 4.74 Å². The van der Waals surface area contributed by atoms with Crippen LogP contribution in [0.4, 0.5) is 0 Å². The van der Waals surface area contributed by atoms with E-state index in [-0.39, 0.29) is 0 Å². The molecule has 2 aromatic heterocycles. The molecule has 0 unspecified atom stereocenters. The van der Waals surface area contributed by atoms with Gasteiger partial charge < -0.3 is 4.74 Å². The molecule has 0 radical (unpaired) electrons. The number of aryl methyl sites for hydroxylation is 1. The Balaban J connectivity index is 0.000000606. The molecule has 2 rings (SSSR count). The smallest absolute Gasteiger partial charge is 0.219 e. The number of pyridine rings is 1. The molecule has 0 aromatic carbocycles. The zero-order valence-electron chi connectivity index (χ0n) is 9.71. The molecular weight excluding hydrogens is 202 g/mol. The number of aromatic nitrogens is 3. The van der Waals surface area contributed by atoms with E-state index in [1.54, 1.807) is 24.7 Å². The fourth-order valence-electron chi connectivity index (χ4n) is 0.962. The predicted molar refractivity (Wildman–Crippen MR) is 62.4 cm³/mol. The van der Waals surface area contributed by atoms with Crippen LogP contribution < -0.4 is 4.74 Å². The largest absolute Gasteiger partial charge is 0.436 e. The van der Waals surface area contributed by atoms with E-state index >= 15 is 0 Å². The van der Waals surface area contributed by atoms with Crippen molar-refractivity contribution < 1.29 is 4.74 Å². The molecule has 0 fully saturated rings. The van der Waals surface area contributed by atoms with Crippen molar-refractivity contribution in [1.82, 2.24) is 15.0 Å². The van der Waals surface area contributed by atoms with Gasteiger partial charge in [-0.3, -0.25) is 0 Å². The summed E-state index contributed by atoms with van der Waals surface area (Å²) in [6, 6.07) is 5.47. The first-order valence-corrected chi connectivity index (χ1v) is 5.22. The van der Waals surface area contributed by atoms with E-state index in [0.717, 1.165) is 5.82 Å². The average Bonchev–Trinajstić information content (AvgIpc) is 2.36. The summed E-state index contributed by atoms with van der Waals surface area (Å²) >= 11 is 0. The van der Waals surface area contributed by atoms with Gasteiger partial charge in [0, 0.05) is 12.3 Å². The van der Waals surface area contributed by atoms with Crippen molar-refractivity contribution in [1.29, 1.82) is 0 Å². The molecule has 0 saturated heterocycles. The van der Waals surface area contributed by atoms with Gasteiger partial charge in [0.15, 0.2) is 5.75 Å². The molecule has 84 valence electrons. The molecule has 0 aliphatic rings. The van der Waals surface area contributed by atoms with Gasteiger partial charge in [0.2, 0.25) is 5.88 Å².